The average molecular weight is 316 g/mol. The second kappa shape index (κ2) is 16.0. The molecule has 4 nitrogen and oxygen atoms in total. The molecular formula is C19H32N4. The Morgan fingerprint density at radius 2 is 1.35 bits per heavy atom. The van der Waals surface area contributed by atoms with Crippen molar-refractivity contribution in [3.8, 4) is 0 Å². The van der Waals surface area contributed by atoms with E-state index in [4.69, 9.17) is 11.6 Å². The van der Waals surface area contributed by atoms with E-state index in [9.17, 15) is 0 Å². The van der Waals surface area contributed by atoms with Gasteiger partial charge in [-0.25, -0.2) is 11.4 Å². The van der Waals surface area contributed by atoms with Crippen LogP contribution in [0.3, 0.4) is 0 Å². The quantitative estimate of drug-likeness (QED) is 0.337. The van der Waals surface area contributed by atoms with E-state index in [0.717, 1.165) is 11.1 Å². The van der Waals surface area contributed by atoms with E-state index < -0.39 is 0 Å². The van der Waals surface area contributed by atoms with Crippen molar-refractivity contribution in [1.82, 2.24) is 5.53 Å². The molecule has 2 rings (SSSR count). The zero-order chi connectivity index (χ0) is 18.1. The average Bonchev–Trinajstić information content (AvgIpc) is 2.60. The summed E-state index contributed by atoms with van der Waals surface area (Å²) in [5.41, 5.74) is 11.1. The third kappa shape index (κ3) is 12.0. The van der Waals surface area contributed by atoms with Gasteiger partial charge in [0.05, 0.1) is 0 Å². The standard InChI is InChI=1S/C8H12N4.C7H8.2C2H6/c1-6-3-2-4-7(5-6)8(9)11-12-10;1-7-5-3-2-4-6-7;2*1-2/h2-5,12H,10H2,1H3,(H2,9,11);2-6H,1H3;2*1-2H3. The number of benzene rings is 2. The Balaban J connectivity index is 0. The molecule has 128 valence electrons. The number of nitrogens with zero attached hydrogens (tertiary/aromatic N) is 1. The summed E-state index contributed by atoms with van der Waals surface area (Å²) in [4.78, 5) is 0. The van der Waals surface area contributed by atoms with Crippen molar-refractivity contribution in [2.24, 2.45) is 16.7 Å². The van der Waals surface area contributed by atoms with Gasteiger partial charge in [0.25, 0.3) is 0 Å². The summed E-state index contributed by atoms with van der Waals surface area (Å²) in [6.07, 6.45) is 0. The van der Waals surface area contributed by atoms with Gasteiger partial charge in [0.1, 0.15) is 0 Å². The lowest BCUT2D eigenvalue weighted by Gasteiger charge is -2.00. The van der Waals surface area contributed by atoms with Crippen LogP contribution in [-0.4, -0.2) is 5.84 Å². The third-order valence-electron chi connectivity index (χ3n) is 2.44. The second-order valence-electron chi connectivity index (χ2n) is 4.15. The van der Waals surface area contributed by atoms with Gasteiger partial charge < -0.3 is 5.73 Å². The highest BCUT2D eigenvalue weighted by Gasteiger charge is 1.96. The Labute approximate surface area is 141 Å². The number of hydrogen-bond donors (Lipinski definition) is 3. The maximum atomic E-state index is 5.58. The van der Waals surface area contributed by atoms with Crippen molar-refractivity contribution in [2.45, 2.75) is 41.5 Å². The largest absolute Gasteiger partial charge is 0.382 e. The van der Waals surface area contributed by atoms with Crippen LogP contribution in [0, 0.1) is 13.8 Å². The highest BCUT2D eigenvalue weighted by atomic mass is 15.5. The zero-order valence-corrected chi connectivity index (χ0v) is 15.3. The molecule has 0 fully saturated rings. The van der Waals surface area contributed by atoms with Crippen molar-refractivity contribution in [2.75, 3.05) is 0 Å². The number of aryl methyl sites for hydroxylation is 2. The number of hydrogen-bond acceptors (Lipinski definition) is 3. The molecular weight excluding hydrogens is 284 g/mol. The fourth-order valence-electron chi connectivity index (χ4n) is 1.47. The first-order chi connectivity index (χ1) is 11.1. The van der Waals surface area contributed by atoms with Crippen LogP contribution < -0.4 is 17.1 Å². The van der Waals surface area contributed by atoms with Gasteiger partial charge in [-0.05, 0) is 19.9 Å². The maximum absolute atomic E-state index is 5.58. The van der Waals surface area contributed by atoms with Crippen molar-refractivity contribution >= 4 is 5.84 Å². The molecule has 0 radical (unpaired) electrons. The molecule has 0 saturated heterocycles. The summed E-state index contributed by atoms with van der Waals surface area (Å²) in [7, 11) is 0. The molecule has 0 aliphatic rings. The van der Waals surface area contributed by atoms with Crippen LogP contribution in [-0.2, 0) is 0 Å². The first-order valence-corrected chi connectivity index (χ1v) is 8.01. The summed E-state index contributed by atoms with van der Waals surface area (Å²) in [5.74, 6) is 5.38. The molecule has 0 aliphatic carbocycles. The highest BCUT2D eigenvalue weighted by molar-refractivity contribution is 5.97. The molecule has 0 aliphatic heterocycles. The van der Waals surface area contributed by atoms with Gasteiger partial charge in [-0.15, -0.1) is 5.10 Å². The molecule has 2 aromatic rings. The smallest absolute Gasteiger partial charge is 0.152 e. The van der Waals surface area contributed by atoms with Gasteiger partial charge in [-0.2, -0.15) is 0 Å². The monoisotopic (exact) mass is 316 g/mol. The molecule has 23 heavy (non-hydrogen) atoms. The number of nitrogens with two attached hydrogens (primary N) is 2. The lowest BCUT2D eigenvalue weighted by molar-refractivity contribution is 0.804. The predicted octanol–water partition coefficient (Wildman–Crippen LogP) is 4.13. The fourth-order valence-corrected chi connectivity index (χ4v) is 1.47. The Morgan fingerprint density at radius 3 is 1.74 bits per heavy atom. The highest BCUT2D eigenvalue weighted by Crippen LogP contribution is 2.02. The molecule has 4 heteroatoms. The van der Waals surface area contributed by atoms with E-state index in [1.54, 1.807) is 0 Å². The molecule has 0 unspecified atom stereocenters. The van der Waals surface area contributed by atoms with Crippen LogP contribution in [0.2, 0.25) is 0 Å². The van der Waals surface area contributed by atoms with E-state index >= 15 is 0 Å². The Morgan fingerprint density at radius 1 is 0.826 bits per heavy atom. The Bertz CT molecular complexity index is 522. The van der Waals surface area contributed by atoms with Crippen molar-refractivity contribution in [1.29, 1.82) is 0 Å². The number of hydrazine groups is 1. The van der Waals surface area contributed by atoms with Crippen molar-refractivity contribution in [3.05, 3.63) is 71.3 Å². The second-order valence-corrected chi connectivity index (χ2v) is 4.15. The summed E-state index contributed by atoms with van der Waals surface area (Å²) >= 11 is 0. The minimum Gasteiger partial charge on any atom is -0.382 e. The zero-order valence-electron chi connectivity index (χ0n) is 15.3. The SMILES string of the molecule is CC.CC.Cc1cccc(/C(N)=N/NN)c1.Cc1ccccc1. The molecule has 0 spiro atoms. The van der Waals surface area contributed by atoms with Gasteiger partial charge in [-0.1, -0.05) is 87.4 Å². The summed E-state index contributed by atoms with van der Waals surface area (Å²) < 4.78 is 0. The van der Waals surface area contributed by atoms with Crippen molar-refractivity contribution < 1.29 is 0 Å². The summed E-state index contributed by atoms with van der Waals surface area (Å²) in [5, 5.41) is 3.66. The molecule has 0 bridgehead atoms. The number of amidine groups is 1. The lowest BCUT2D eigenvalue weighted by Crippen LogP contribution is -2.22. The third-order valence-corrected chi connectivity index (χ3v) is 2.44. The van der Waals surface area contributed by atoms with Gasteiger partial charge in [-0.3, -0.25) is 0 Å². The fraction of sp³-hybridized carbons (Fsp3) is 0.316. The van der Waals surface area contributed by atoms with Crippen LogP contribution in [0.4, 0.5) is 0 Å². The van der Waals surface area contributed by atoms with Gasteiger partial charge >= 0.3 is 0 Å². The first kappa shape index (κ1) is 22.9. The normalized spacial score (nSPS) is 9.09. The molecule has 2 aromatic carbocycles. The Kier molecular flexibility index (Phi) is 16.0. The number of nitrogens with one attached hydrogen (secondary N) is 1. The topological polar surface area (TPSA) is 76.4 Å². The van der Waals surface area contributed by atoms with E-state index in [0.29, 0.717) is 5.84 Å². The number of rotatable bonds is 2. The molecule has 0 saturated carbocycles. The summed E-state index contributed by atoms with van der Waals surface area (Å²) in [6, 6.07) is 18.0. The van der Waals surface area contributed by atoms with Crippen LogP contribution >= 0.6 is 0 Å². The number of hydrazone groups is 1. The Hall–Kier alpha value is -2.33. The van der Waals surface area contributed by atoms with Gasteiger partial charge in [0.2, 0.25) is 0 Å². The molecule has 5 N–H and O–H groups in total. The molecule has 0 heterocycles. The molecule has 0 atom stereocenters. The first-order valence-electron chi connectivity index (χ1n) is 8.01. The van der Waals surface area contributed by atoms with E-state index in [-0.39, 0.29) is 0 Å². The minimum absolute atomic E-state index is 0.390. The molecule has 0 amide bonds. The lowest BCUT2D eigenvalue weighted by atomic mass is 10.1. The van der Waals surface area contributed by atoms with E-state index in [1.807, 2.05) is 77.1 Å². The molecule has 0 aromatic heterocycles. The van der Waals surface area contributed by atoms with E-state index in [2.05, 4.69) is 29.7 Å². The van der Waals surface area contributed by atoms with E-state index in [1.165, 1.54) is 5.56 Å². The van der Waals surface area contributed by atoms with Crippen LogP contribution in [0.5, 0.6) is 0 Å². The van der Waals surface area contributed by atoms with Crippen LogP contribution in [0.1, 0.15) is 44.4 Å². The predicted molar refractivity (Wildman–Crippen MR) is 103 cm³/mol. The van der Waals surface area contributed by atoms with Gasteiger partial charge in [0.15, 0.2) is 5.84 Å². The summed E-state index contributed by atoms with van der Waals surface area (Å²) in [6.45, 7) is 12.1. The van der Waals surface area contributed by atoms with Gasteiger partial charge in [0, 0.05) is 5.56 Å². The van der Waals surface area contributed by atoms with Crippen molar-refractivity contribution in [3.63, 3.8) is 0 Å². The maximum Gasteiger partial charge on any atom is 0.152 e. The minimum atomic E-state index is 0.390. The van der Waals surface area contributed by atoms with Crippen LogP contribution in [0.15, 0.2) is 59.7 Å². The van der Waals surface area contributed by atoms with Crippen LogP contribution in [0.25, 0.3) is 0 Å².